The number of aryl methyl sites for hydroxylation is 1. The van der Waals surface area contributed by atoms with Gasteiger partial charge in [-0.1, -0.05) is 5.92 Å². The van der Waals surface area contributed by atoms with E-state index in [1.807, 2.05) is 13.0 Å². The van der Waals surface area contributed by atoms with Gasteiger partial charge in [-0.15, -0.1) is 6.42 Å². The van der Waals surface area contributed by atoms with E-state index in [0.29, 0.717) is 18.7 Å². The van der Waals surface area contributed by atoms with Crippen LogP contribution >= 0.6 is 0 Å². The second-order valence-corrected chi connectivity index (χ2v) is 5.43. The quantitative estimate of drug-likeness (QED) is 0.843. The zero-order valence-electron chi connectivity index (χ0n) is 12.9. The summed E-state index contributed by atoms with van der Waals surface area (Å²) in [4.78, 5) is 31.6. The number of nitrogens with one attached hydrogen (secondary N) is 1. The van der Waals surface area contributed by atoms with Crippen LogP contribution in [0, 0.1) is 19.3 Å². The van der Waals surface area contributed by atoms with Gasteiger partial charge in [0, 0.05) is 38.1 Å². The van der Waals surface area contributed by atoms with E-state index in [9.17, 15) is 9.59 Å². The topological polar surface area (TPSA) is 65.5 Å². The number of terminal acetylenes is 1. The Hall–Kier alpha value is -2.55. The van der Waals surface area contributed by atoms with Crippen LogP contribution in [-0.2, 0) is 0 Å². The number of aromatic nitrogens is 1. The molecule has 2 heterocycles. The van der Waals surface area contributed by atoms with Crippen LogP contribution in [0.3, 0.4) is 0 Å². The zero-order valence-corrected chi connectivity index (χ0v) is 12.9. The van der Waals surface area contributed by atoms with Crippen molar-refractivity contribution < 1.29 is 9.59 Å². The van der Waals surface area contributed by atoms with Gasteiger partial charge < -0.3 is 15.1 Å². The molecule has 1 unspecified atom stereocenters. The third-order valence-electron chi connectivity index (χ3n) is 3.64. The van der Waals surface area contributed by atoms with Gasteiger partial charge in [0.1, 0.15) is 0 Å². The number of pyridine rings is 1. The molecule has 1 fully saturated rings. The van der Waals surface area contributed by atoms with Crippen LogP contribution in [0.2, 0.25) is 0 Å². The van der Waals surface area contributed by atoms with E-state index in [0.717, 1.165) is 12.1 Å². The molecule has 1 saturated heterocycles. The van der Waals surface area contributed by atoms with Crippen molar-refractivity contribution >= 4 is 11.9 Å². The van der Waals surface area contributed by atoms with Crippen LogP contribution in [0.5, 0.6) is 0 Å². The number of carbonyl (C=O) groups is 2. The van der Waals surface area contributed by atoms with Crippen LogP contribution in [0.25, 0.3) is 0 Å². The number of carbonyl (C=O) groups excluding carboxylic acids is 2. The molecule has 0 radical (unpaired) electrons. The molecule has 2 rings (SSSR count). The molecule has 0 aliphatic carbocycles. The van der Waals surface area contributed by atoms with Crippen molar-refractivity contribution in [3.8, 4) is 12.3 Å². The number of hydrogen-bond donors (Lipinski definition) is 1. The Morgan fingerprint density at radius 2 is 2.32 bits per heavy atom. The average molecular weight is 300 g/mol. The van der Waals surface area contributed by atoms with Crippen LogP contribution in [0.15, 0.2) is 18.3 Å². The van der Waals surface area contributed by atoms with Crippen molar-refractivity contribution in [1.29, 1.82) is 0 Å². The van der Waals surface area contributed by atoms with Gasteiger partial charge in [0.25, 0.3) is 5.91 Å². The van der Waals surface area contributed by atoms with Gasteiger partial charge in [-0.25, -0.2) is 4.79 Å². The predicted molar refractivity (Wildman–Crippen MR) is 83.3 cm³/mol. The van der Waals surface area contributed by atoms with Gasteiger partial charge in [-0.05, 0) is 25.5 Å². The minimum absolute atomic E-state index is 0.0462. The Labute approximate surface area is 130 Å². The van der Waals surface area contributed by atoms with Crippen LogP contribution in [-0.4, -0.2) is 59.4 Å². The van der Waals surface area contributed by atoms with Gasteiger partial charge in [0.05, 0.1) is 12.1 Å². The molecule has 0 bridgehead atoms. The van der Waals surface area contributed by atoms with Gasteiger partial charge >= 0.3 is 6.03 Å². The molecule has 1 aliphatic heterocycles. The summed E-state index contributed by atoms with van der Waals surface area (Å²) < 4.78 is 0. The lowest BCUT2D eigenvalue weighted by atomic mass is 10.2. The van der Waals surface area contributed by atoms with Gasteiger partial charge in [-0.2, -0.15) is 0 Å². The standard InChI is InChI=1S/C16H20N4O2/c1-4-8-19(3)16(22)18-14-7-9-20(11-14)15(21)13-6-5-12(2)17-10-13/h1,5-6,10,14H,7-9,11H2,2-3H3,(H,18,22). The molecule has 1 atom stereocenters. The fourth-order valence-electron chi connectivity index (χ4n) is 2.33. The summed E-state index contributed by atoms with van der Waals surface area (Å²) in [6.45, 7) is 3.26. The molecule has 0 spiro atoms. The summed E-state index contributed by atoms with van der Waals surface area (Å²) in [5.74, 6) is 2.37. The van der Waals surface area contributed by atoms with E-state index >= 15 is 0 Å². The molecule has 1 aliphatic rings. The summed E-state index contributed by atoms with van der Waals surface area (Å²) in [7, 11) is 1.64. The average Bonchev–Trinajstić information content (AvgIpc) is 2.96. The molecule has 22 heavy (non-hydrogen) atoms. The van der Waals surface area contributed by atoms with Gasteiger partial charge in [-0.3, -0.25) is 9.78 Å². The first-order valence-corrected chi connectivity index (χ1v) is 7.18. The van der Waals surface area contributed by atoms with Crippen molar-refractivity contribution in [3.63, 3.8) is 0 Å². The van der Waals surface area contributed by atoms with Crippen LogP contribution in [0.4, 0.5) is 4.79 Å². The van der Waals surface area contributed by atoms with E-state index < -0.39 is 0 Å². The van der Waals surface area contributed by atoms with Gasteiger partial charge in [0.15, 0.2) is 0 Å². The number of nitrogens with zero attached hydrogens (tertiary/aromatic N) is 3. The highest BCUT2D eigenvalue weighted by Crippen LogP contribution is 2.13. The summed E-state index contributed by atoms with van der Waals surface area (Å²) in [5.41, 5.74) is 1.45. The number of amides is 3. The smallest absolute Gasteiger partial charge is 0.318 e. The summed E-state index contributed by atoms with van der Waals surface area (Å²) in [6.07, 6.45) is 7.51. The Balaban J connectivity index is 1.90. The Kier molecular flexibility index (Phi) is 4.99. The monoisotopic (exact) mass is 300 g/mol. The third-order valence-corrected chi connectivity index (χ3v) is 3.64. The van der Waals surface area contributed by atoms with Crippen LogP contribution in [0.1, 0.15) is 22.5 Å². The molecule has 0 saturated carbocycles. The molecule has 116 valence electrons. The molecule has 3 amide bonds. The van der Waals surface area contributed by atoms with E-state index in [2.05, 4.69) is 16.2 Å². The lowest BCUT2D eigenvalue weighted by Crippen LogP contribution is -2.44. The molecule has 6 nitrogen and oxygen atoms in total. The summed E-state index contributed by atoms with van der Waals surface area (Å²) in [5, 5.41) is 2.89. The second kappa shape index (κ2) is 6.94. The predicted octanol–water partition coefficient (Wildman–Crippen LogP) is 0.879. The maximum atomic E-state index is 12.4. The Morgan fingerprint density at radius 3 is 2.95 bits per heavy atom. The third kappa shape index (κ3) is 3.76. The normalized spacial score (nSPS) is 17.0. The molecule has 1 aromatic heterocycles. The van der Waals surface area contributed by atoms with E-state index in [1.54, 1.807) is 24.2 Å². The number of urea groups is 1. The summed E-state index contributed by atoms with van der Waals surface area (Å²) >= 11 is 0. The first-order valence-electron chi connectivity index (χ1n) is 7.18. The lowest BCUT2D eigenvalue weighted by Gasteiger charge is -2.20. The minimum Gasteiger partial charge on any atom is -0.336 e. The van der Waals surface area contributed by atoms with E-state index in [4.69, 9.17) is 6.42 Å². The Morgan fingerprint density at radius 1 is 1.55 bits per heavy atom. The van der Waals surface area contributed by atoms with Crippen molar-refractivity contribution in [2.24, 2.45) is 0 Å². The van der Waals surface area contributed by atoms with Crippen molar-refractivity contribution in [2.75, 3.05) is 26.7 Å². The Bertz CT molecular complexity index is 591. The highest BCUT2D eigenvalue weighted by molar-refractivity contribution is 5.94. The minimum atomic E-state index is -0.214. The van der Waals surface area contributed by atoms with Crippen LogP contribution < -0.4 is 5.32 Å². The number of hydrogen-bond acceptors (Lipinski definition) is 3. The molecule has 1 aromatic rings. The maximum absolute atomic E-state index is 12.4. The first kappa shape index (κ1) is 15.8. The fraction of sp³-hybridized carbons (Fsp3) is 0.438. The molecule has 1 N–H and O–H groups in total. The molecule has 6 heteroatoms. The summed E-state index contributed by atoms with van der Waals surface area (Å²) in [6, 6.07) is 3.33. The SMILES string of the molecule is C#CCN(C)C(=O)NC1CCN(C(=O)c2ccc(C)nc2)C1. The number of rotatable bonds is 3. The number of likely N-dealkylation sites (tertiary alicyclic amines) is 1. The van der Waals surface area contributed by atoms with E-state index in [-0.39, 0.29) is 24.5 Å². The molecule has 0 aromatic carbocycles. The van der Waals surface area contributed by atoms with Gasteiger partial charge in [0.2, 0.25) is 0 Å². The van der Waals surface area contributed by atoms with Crippen molar-refractivity contribution in [1.82, 2.24) is 20.1 Å². The lowest BCUT2D eigenvalue weighted by molar-refractivity contribution is 0.0788. The first-order chi connectivity index (χ1) is 10.5. The largest absolute Gasteiger partial charge is 0.336 e. The highest BCUT2D eigenvalue weighted by Gasteiger charge is 2.28. The zero-order chi connectivity index (χ0) is 16.1. The maximum Gasteiger partial charge on any atom is 0.318 e. The molecular weight excluding hydrogens is 280 g/mol. The van der Waals surface area contributed by atoms with Crippen molar-refractivity contribution in [2.45, 2.75) is 19.4 Å². The van der Waals surface area contributed by atoms with Crippen molar-refractivity contribution in [3.05, 3.63) is 29.6 Å². The molecular formula is C16H20N4O2. The highest BCUT2D eigenvalue weighted by atomic mass is 16.2. The fourth-order valence-corrected chi connectivity index (χ4v) is 2.33. The second-order valence-electron chi connectivity index (χ2n) is 5.43. The van der Waals surface area contributed by atoms with E-state index in [1.165, 1.54) is 4.90 Å².